The van der Waals surface area contributed by atoms with E-state index in [0.29, 0.717) is 4.47 Å². The van der Waals surface area contributed by atoms with E-state index >= 15 is 0 Å². The second-order valence-corrected chi connectivity index (χ2v) is 8.41. The van der Waals surface area contributed by atoms with Gasteiger partial charge >= 0.3 is 0 Å². The molecule has 1 heterocycles. The van der Waals surface area contributed by atoms with E-state index < -0.39 is 15.8 Å². The van der Waals surface area contributed by atoms with Crippen LogP contribution in [0.2, 0.25) is 0 Å². The van der Waals surface area contributed by atoms with Gasteiger partial charge in [-0.1, -0.05) is 15.9 Å². The van der Waals surface area contributed by atoms with Crippen LogP contribution in [-0.4, -0.2) is 26.0 Å². The van der Waals surface area contributed by atoms with Gasteiger partial charge in [0, 0.05) is 22.6 Å². The van der Waals surface area contributed by atoms with Crippen LogP contribution in [0, 0.1) is 5.82 Å². The van der Waals surface area contributed by atoms with Gasteiger partial charge in [0.2, 0.25) is 10.0 Å². The van der Waals surface area contributed by atoms with Gasteiger partial charge in [0.25, 0.3) is 0 Å². The SMILES string of the molecule is NCc1cc(Br)cc(S(=O)(=O)NC2CCSCC2)c1F. The minimum Gasteiger partial charge on any atom is -0.326 e. The van der Waals surface area contributed by atoms with E-state index in [1.807, 2.05) is 0 Å². The van der Waals surface area contributed by atoms with E-state index in [-0.39, 0.29) is 23.0 Å². The van der Waals surface area contributed by atoms with Gasteiger partial charge in [-0.3, -0.25) is 0 Å². The number of rotatable bonds is 4. The molecule has 0 amide bonds. The maximum atomic E-state index is 14.2. The molecule has 1 saturated heterocycles. The quantitative estimate of drug-likeness (QED) is 0.837. The predicted molar refractivity (Wildman–Crippen MR) is 82.7 cm³/mol. The molecule has 1 aromatic carbocycles. The fourth-order valence-corrected chi connectivity index (χ4v) is 5.27. The average molecular weight is 383 g/mol. The number of nitrogens with two attached hydrogens (primary N) is 1. The monoisotopic (exact) mass is 382 g/mol. The third-order valence-electron chi connectivity index (χ3n) is 3.13. The second kappa shape index (κ2) is 6.74. The van der Waals surface area contributed by atoms with Crippen LogP contribution in [0.25, 0.3) is 0 Å². The Labute approximate surface area is 130 Å². The Kier molecular flexibility index (Phi) is 5.47. The molecule has 3 N–H and O–H groups in total. The van der Waals surface area contributed by atoms with Crippen LogP contribution in [0.5, 0.6) is 0 Å². The highest BCUT2D eigenvalue weighted by Crippen LogP contribution is 2.25. The number of benzene rings is 1. The number of hydrogen-bond donors (Lipinski definition) is 2. The van der Waals surface area contributed by atoms with Crippen molar-refractivity contribution in [3.05, 3.63) is 28.0 Å². The van der Waals surface area contributed by atoms with Gasteiger partial charge in [-0.2, -0.15) is 11.8 Å². The normalized spacial score (nSPS) is 17.4. The van der Waals surface area contributed by atoms with Crippen molar-refractivity contribution in [1.29, 1.82) is 0 Å². The van der Waals surface area contributed by atoms with Gasteiger partial charge in [0.15, 0.2) is 0 Å². The van der Waals surface area contributed by atoms with Gasteiger partial charge < -0.3 is 5.73 Å². The molecule has 0 bridgehead atoms. The molecule has 0 saturated carbocycles. The molecular formula is C12H16BrFN2O2S2. The van der Waals surface area contributed by atoms with E-state index in [9.17, 15) is 12.8 Å². The Morgan fingerprint density at radius 2 is 2.05 bits per heavy atom. The molecule has 0 spiro atoms. The molecule has 0 aliphatic carbocycles. The first-order valence-electron chi connectivity index (χ1n) is 6.22. The summed E-state index contributed by atoms with van der Waals surface area (Å²) in [6.45, 7) is -0.0478. The lowest BCUT2D eigenvalue weighted by molar-refractivity contribution is 0.516. The fourth-order valence-electron chi connectivity index (χ4n) is 2.06. The zero-order valence-electron chi connectivity index (χ0n) is 10.7. The van der Waals surface area contributed by atoms with E-state index in [2.05, 4.69) is 20.7 Å². The first-order valence-corrected chi connectivity index (χ1v) is 9.65. The van der Waals surface area contributed by atoms with Crippen molar-refractivity contribution in [3.8, 4) is 0 Å². The lowest BCUT2D eigenvalue weighted by Gasteiger charge is -2.22. The standard InChI is InChI=1S/C12H16BrFN2O2S2/c13-9-5-8(7-15)12(14)11(6-9)20(17,18)16-10-1-3-19-4-2-10/h5-6,10,16H,1-4,7,15H2. The number of thioether (sulfide) groups is 1. The fraction of sp³-hybridized carbons (Fsp3) is 0.500. The molecular weight excluding hydrogens is 367 g/mol. The summed E-state index contributed by atoms with van der Waals surface area (Å²) in [5.74, 6) is 1.07. The van der Waals surface area contributed by atoms with Crippen LogP contribution in [0.4, 0.5) is 4.39 Å². The lowest BCUT2D eigenvalue weighted by Crippen LogP contribution is -2.37. The third-order valence-corrected chi connectivity index (χ3v) is 6.16. The molecule has 0 aromatic heterocycles. The van der Waals surface area contributed by atoms with E-state index in [4.69, 9.17) is 5.73 Å². The average Bonchev–Trinajstić information content (AvgIpc) is 2.41. The molecule has 20 heavy (non-hydrogen) atoms. The minimum absolute atomic E-state index is 0.0478. The summed E-state index contributed by atoms with van der Waals surface area (Å²) in [4.78, 5) is -0.342. The van der Waals surface area contributed by atoms with Gasteiger partial charge in [0.1, 0.15) is 10.7 Å². The molecule has 4 nitrogen and oxygen atoms in total. The Hall–Kier alpha value is -0.150. The largest absolute Gasteiger partial charge is 0.326 e. The van der Waals surface area contributed by atoms with Crippen molar-refractivity contribution >= 4 is 37.7 Å². The molecule has 1 aliphatic rings. The molecule has 1 aliphatic heterocycles. The molecule has 0 atom stereocenters. The van der Waals surface area contributed by atoms with Crippen molar-refractivity contribution in [2.75, 3.05) is 11.5 Å². The molecule has 1 fully saturated rings. The van der Waals surface area contributed by atoms with E-state index in [1.165, 1.54) is 12.1 Å². The van der Waals surface area contributed by atoms with E-state index in [0.717, 1.165) is 24.3 Å². The molecule has 0 radical (unpaired) electrons. The Balaban J connectivity index is 2.31. The van der Waals surface area contributed by atoms with Crippen LogP contribution in [0.3, 0.4) is 0 Å². The van der Waals surface area contributed by atoms with Crippen LogP contribution in [0.1, 0.15) is 18.4 Å². The second-order valence-electron chi connectivity index (χ2n) is 4.59. The summed E-state index contributed by atoms with van der Waals surface area (Å²) in [5.41, 5.74) is 5.62. The molecule has 8 heteroatoms. The number of hydrogen-bond acceptors (Lipinski definition) is 4. The minimum atomic E-state index is -3.87. The van der Waals surface area contributed by atoms with Crippen molar-refractivity contribution < 1.29 is 12.8 Å². The first-order chi connectivity index (χ1) is 9.44. The van der Waals surface area contributed by atoms with Crippen LogP contribution in [-0.2, 0) is 16.6 Å². The highest BCUT2D eigenvalue weighted by molar-refractivity contribution is 9.10. The number of halogens is 2. The lowest BCUT2D eigenvalue weighted by atomic mass is 10.2. The topological polar surface area (TPSA) is 72.2 Å². The summed E-state index contributed by atoms with van der Waals surface area (Å²) in [7, 11) is -3.87. The number of nitrogens with one attached hydrogen (secondary N) is 1. The smallest absolute Gasteiger partial charge is 0.243 e. The van der Waals surface area contributed by atoms with Gasteiger partial charge in [-0.05, 0) is 36.5 Å². The van der Waals surface area contributed by atoms with Crippen LogP contribution in [0.15, 0.2) is 21.5 Å². The number of sulfonamides is 1. The van der Waals surface area contributed by atoms with Gasteiger partial charge in [-0.25, -0.2) is 17.5 Å². The van der Waals surface area contributed by atoms with Gasteiger partial charge in [0.05, 0.1) is 0 Å². The molecule has 1 aromatic rings. The predicted octanol–water partition coefficient (Wildman–Crippen LogP) is 2.22. The summed E-state index contributed by atoms with van der Waals surface area (Å²) >= 11 is 4.99. The summed E-state index contributed by atoms with van der Waals surface area (Å²) in [5, 5.41) is 0. The highest BCUT2D eigenvalue weighted by atomic mass is 79.9. The first kappa shape index (κ1) is 16.2. The summed E-state index contributed by atoms with van der Waals surface area (Å²) in [6, 6.07) is 2.64. The summed E-state index contributed by atoms with van der Waals surface area (Å²) < 4.78 is 41.9. The Bertz CT molecular complexity index is 589. The van der Waals surface area contributed by atoms with Crippen LogP contribution >= 0.6 is 27.7 Å². The van der Waals surface area contributed by atoms with E-state index in [1.54, 1.807) is 11.8 Å². The Morgan fingerprint density at radius 1 is 1.40 bits per heavy atom. The maximum Gasteiger partial charge on any atom is 0.243 e. The van der Waals surface area contributed by atoms with Gasteiger partial charge in [-0.15, -0.1) is 0 Å². The van der Waals surface area contributed by atoms with Crippen molar-refractivity contribution in [2.45, 2.75) is 30.3 Å². The zero-order valence-corrected chi connectivity index (χ0v) is 14.0. The molecule has 112 valence electrons. The Morgan fingerprint density at radius 3 is 2.65 bits per heavy atom. The molecule has 0 unspecified atom stereocenters. The summed E-state index contributed by atoms with van der Waals surface area (Å²) in [6.07, 6.45) is 1.53. The van der Waals surface area contributed by atoms with Crippen molar-refractivity contribution in [1.82, 2.24) is 4.72 Å². The molecule has 2 rings (SSSR count). The zero-order chi connectivity index (χ0) is 14.8. The highest BCUT2D eigenvalue weighted by Gasteiger charge is 2.26. The van der Waals surface area contributed by atoms with Crippen LogP contribution < -0.4 is 10.5 Å². The maximum absolute atomic E-state index is 14.2. The van der Waals surface area contributed by atoms with Crippen molar-refractivity contribution in [3.63, 3.8) is 0 Å². The third kappa shape index (κ3) is 3.73. The van der Waals surface area contributed by atoms with Crippen molar-refractivity contribution in [2.24, 2.45) is 5.73 Å².